The van der Waals surface area contributed by atoms with Gasteiger partial charge in [-0.15, -0.1) is 10.2 Å². The Morgan fingerprint density at radius 3 is 2.73 bits per heavy atom. The quantitative estimate of drug-likeness (QED) is 0.854. The van der Waals surface area contributed by atoms with Crippen molar-refractivity contribution in [2.24, 2.45) is 0 Å². The van der Waals surface area contributed by atoms with E-state index in [0.717, 1.165) is 17.9 Å². The van der Waals surface area contributed by atoms with Crippen LogP contribution in [-0.2, 0) is 0 Å². The van der Waals surface area contributed by atoms with Gasteiger partial charge in [-0.05, 0) is 38.1 Å². The Bertz CT molecular complexity index is 642. The predicted octanol–water partition coefficient (Wildman–Crippen LogP) is 1.18. The molecule has 2 aromatic rings. The van der Waals surface area contributed by atoms with Crippen molar-refractivity contribution in [1.82, 2.24) is 20.1 Å². The van der Waals surface area contributed by atoms with Crippen molar-refractivity contribution in [2.45, 2.75) is 12.8 Å². The molecule has 4 N–H and O–H groups in total. The monoisotopic (exact) mass is 300 g/mol. The van der Waals surface area contributed by atoms with Crippen molar-refractivity contribution >= 4 is 11.8 Å². The molecule has 1 fully saturated rings. The molecule has 0 atom stereocenters. The van der Waals surface area contributed by atoms with Gasteiger partial charge in [0.15, 0.2) is 5.82 Å². The van der Waals surface area contributed by atoms with Crippen LogP contribution >= 0.6 is 0 Å². The van der Waals surface area contributed by atoms with Crippen molar-refractivity contribution in [3.8, 4) is 17.0 Å². The van der Waals surface area contributed by atoms with Gasteiger partial charge in [-0.2, -0.15) is 4.98 Å². The van der Waals surface area contributed by atoms with E-state index in [1.165, 1.54) is 25.9 Å². The van der Waals surface area contributed by atoms with Gasteiger partial charge >= 0.3 is 0 Å². The number of rotatable bonds is 5. The van der Waals surface area contributed by atoms with Crippen LogP contribution in [0.25, 0.3) is 11.3 Å². The number of ether oxygens (including phenoxy) is 1. The predicted molar refractivity (Wildman–Crippen MR) is 85.3 cm³/mol. The van der Waals surface area contributed by atoms with E-state index >= 15 is 0 Å². The fourth-order valence-electron chi connectivity index (χ4n) is 2.59. The van der Waals surface area contributed by atoms with E-state index in [2.05, 4.69) is 20.1 Å². The van der Waals surface area contributed by atoms with Gasteiger partial charge in [0.2, 0.25) is 5.95 Å². The molecular formula is C15H20N6O. The van der Waals surface area contributed by atoms with Gasteiger partial charge < -0.3 is 16.2 Å². The van der Waals surface area contributed by atoms with Crippen LogP contribution in [0.1, 0.15) is 12.8 Å². The summed E-state index contributed by atoms with van der Waals surface area (Å²) in [6.07, 6.45) is 2.58. The Hall–Kier alpha value is -2.41. The Morgan fingerprint density at radius 2 is 1.95 bits per heavy atom. The van der Waals surface area contributed by atoms with E-state index in [9.17, 15) is 0 Å². The Balaban J connectivity index is 1.66. The average Bonchev–Trinajstić information content (AvgIpc) is 3.01. The van der Waals surface area contributed by atoms with E-state index in [4.69, 9.17) is 16.2 Å². The first-order chi connectivity index (χ1) is 10.7. The summed E-state index contributed by atoms with van der Waals surface area (Å²) in [6.45, 7) is 3.97. The minimum absolute atomic E-state index is 0.0688. The zero-order valence-corrected chi connectivity index (χ0v) is 12.4. The minimum Gasteiger partial charge on any atom is -0.492 e. The molecular weight excluding hydrogens is 280 g/mol. The number of benzene rings is 1. The third kappa shape index (κ3) is 3.43. The maximum Gasteiger partial charge on any atom is 0.242 e. The molecule has 0 aliphatic carbocycles. The fourth-order valence-corrected chi connectivity index (χ4v) is 2.59. The SMILES string of the molecule is Nc1nnc(-c2cccc(OCCN3CCCC3)c2)c(N)n1. The van der Waals surface area contributed by atoms with Gasteiger partial charge in [-0.3, -0.25) is 4.90 Å². The van der Waals surface area contributed by atoms with Gasteiger partial charge in [0, 0.05) is 12.1 Å². The van der Waals surface area contributed by atoms with Crippen molar-refractivity contribution in [3.63, 3.8) is 0 Å². The molecule has 0 unspecified atom stereocenters. The van der Waals surface area contributed by atoms with Crippen LogP contribution in [0.15, 0.2) is 24.3 Å². The number of hydrogen-bond acceptors (Lipinski definition) is 7. The smallest absolute Gasteiger partial charge is 0.242 e. The molecule has 0 radical (unpaired) electrons. The summed E-state index contributed by atoms with van der Waals surface area (Å²) in [6, 6.07) is 7.60. The molecule has 116 valence electrons. The van der Waals surface area contributed by atoms with Crippen molar-refractivity contribution in [2.75, 3.05) is 37.7 Å². The van der Waals surface area contributed by atoms with Crippen molar-refractivity contribution < 1.29 is 4.74 Å². The molecule has 1 aromatic heterocycles. The lowest BCUT2D eigenvalue weighted by Gasteiger charge is -2.15. The lowest BCUT2D eigenvalue weighted by atomic mass is 10.1. The fraction of sp³-hybridized carbons (Fsp3) is 0.400. The van der Waals surface area contributed by atoms with Crippen LogP contribution in [-0.4, -0.2) is 46.3 Å². The molecule has 3 rings (SSSR count). The molecule has 0 bridgehead atoms. The number of hydrogen-bond donors (Lipinski definition) is 2. The maximum atomic E-state index is 5.85. The molecule has 22 heavy (non-hydrogen) atoms. The summed E-state index contributed by atoms with van der Waals surface area (Å²) in [5.41, 5.74) is 12.6. The van der Waals surface area contributed by atoms with Gasteiger partial charge in [-0.1, -0.05) is 12.1 Å². The third-order valence-electron chi connectivity index (χ3n) is 3.71. The number of likely N-dealkylation sites (tertiary alicyclic amines) is 1. The van der Waals surface area contributed by atoms with Crippen molar-refractivity contribution in [3.05, 3.63) is 24.3 Å². The molecule has 0 spiro atoms. The minimum atomic E-state index is 0.0688. The van der Waals surface area contributed by atoms with Crippen LogP contribution < -0.4 is 16.2 Å². The van der Waals surface area contributed by atoms with E-state index in [1.807, 2.05) is 24.3 Å². The highest BCUT2D eigenvalue weighted by Crippen LogP contribution is 2.25. The van der Waals surface area contributed by atoms with Crippen LogP contribution in [0, 0.1) is 0 Å². The van der Waals surface area contributed by atoms with Gasteiger partial charge in [0.1, 0.15) is 18.1 Å². The van der Waals surface area contributed by atoms with E-state index in [0.29, 0.717) is 12.3 Å². The van der Waals surface area contributed by atoms with Crippen LogP contribution in [0.3, 0.4) is 0 Å². The van der Waals surface area contributed by atoms with Gasteiger partial charge in [-0.25, -0.2) is 0 Å². The lowest BCUT2D eigenvalue weighted by molar-refractivity contribution is 0.238. The number of anilines is 2. The van der Waals surface area contributed by atoms with Crippen LogP contribution in [0.2, 0.25) is 0 Å². The molecule has 0 saturated carbocycles. The summed E-state index contributed by atoms with van der Waals surface area (Å²) < 4.78 is 5.82. The normalized spacial score (nSPS) is 15.1. The van der Waals surface area contributed by atoms with E-state index in [1.54, 1.807) is 0 Å². The molecule has 1 aliphatic rings. The molecule has 7 heteroatoms. The van der Waals surface area contributed by atoms with Crippen LogP contribution in [0.5, 0.6) is 5.75 Å². The molecule has 1 aliphatic heterocycles. The Labute approximate surface area is 129 Å². The van der Waals surface area contributed by atoms with E-state index < -0.39 is 0 Å². The summed E-state index contributed by atoms with van der Waals surface area (Å²) >= 11 is 0. The second-order valence-electron chi connectivity index (χ2n) is 5.33. The zero-order valence-electron chi connectivity index (χ0n) is 12.4. The van der Waals surface area contributed by atoms with Crippen LogP contribution in [0.4, 0.5) is 11.8 Å². The first kappa shape index (κ1) is 14.5. The molecule has 1 aromatic carbocycles. The zero-order chi connectivity index (χ0) is 15.4. The summed E-state index contributed by atoms with van der Waals surface area (Å²) in [4.78, 5) is 6.34. The molecule has 0 amide bonds. The third-order valence-corrected chi connectivity index (χ3v) is 3.71. The van der Waals surface area contributed by atoms with Gasteiger partial charge in [0.05, 0.1) is 0 Å². The molecule has 2 heterocycles. The maximum absolute atomic E-state index is 5.85. The highest BCUT2D eigenvalue weighted by Gasteiger charge is 2.11. The van der Waals surface area contributed by atoms with Crippen molar-refractivity contribution in [1.29, 1.82) is 0 Å². The first-order valence-corrected chi connectivity index (χ1v) is 7.43. The summed E-state index contributed by atoms with van der Waals surface area (Å²) in [7, 11) is 0. The number of nitrogens with zero attached hydrogens (tertiary/aromatic N) is 4. The Morgan fingerprint density at radius 1 is 1.14 bits per heavy atom. The standard InChI is InChI=1S/C15H20N6O/c16-14-13(19-20-15(17)18-14)11-4-3-5-12(10-11)22-9-8-21-6-1-2-7-21/h3-5,10H,1-2,6-9H2,(H4,16,17,18,20). The summed E-state index contributed by atoms with van der Waals surface area (Å²) in [5.74, 6) is 1.12. The largest absolute Gasteiger partial charge is 0.492 e. The lowest BCUT2D eigenvalue weighted by Crippen LogP contribution is -2.25. The Kier molecular flexibility index (Phi) is 4.34. The second kappa shape index (κ2) is 6.57. The highest BCUT2D eigenvalue weighted by atomic mass is 16.5. The van der Waals surface area contributed by atoms with Gasteiger partial charge in [0.25, 0.3) is 0 Å². The number of aromatic nitrogens is 3. The van der Waals surface area contributed by atoms with E-state index in [-0.39, 0.29) is 11.8 Å². The molecule has 1 saturated heterocycles. The number of nitrogen functional groups attached to an aromatic ring is 2. The number of nitrogens with two attached hydrogens (primary N) is 2. The highest BCUT2D eigenvalue weighted by molar-refractivity contribution is 5.70. The topological polar surface area (TPSA) is 103 Å². The average molecular weight is 300 g/mol. The molecule has 7 nitrogen and oxygen atoms in total. The second-order valence-corrected chi connectivity index (χ2v) is 5.33. The summed E-state index contributed by atoms with van der Waals surface area (Å²) in [5, 5.41) is 7.76. The first-order valence-electron chi connectivity index (χ1n) is 7.43.